The average molecular weight is 697 g/mol. The third-order valence-corrected chi connectivity index (χ3v) is 9.37. The molecule has 0 radical (unpaired) electrons. The van der Waals surface area contributed by atoms with Crippen LogP contribution in [0, 0.1) is 6.92 Å². The van der Waals surface area contributed by atoms with Crippen LogP contribution < -0.4 is 30.3 Å². The molecule has 2 aliphatic rings. The fourth-order valence-electron chi connectivity index (χ4n) is 6.57. The van der Waals surface area contributed by atoms with Crippen molar-refractivity contribution in [2.24, 2.45) is 0 Å². The molecule has 0 unspecified atom stereocenters. The lowest BCUT2D eigenvalue weighted by atomic mass is 10.0. The van der Waals surface area contributed by atoms with Gasteiger partial charge in [0.25, 0.3) is 11.8 Å². The molecular weight excluding hydrogens is 652 g/mol. The van der Waals surface area contributed by atoms with E-state index in [4.69, 9.17) is 14.6 Å². The van der Waals surface area contributed by atoms with Crippen molar-refractivity contribution in [3.05, 3.63) is 71.7 Å². The highest BCUT2D eigenvalue weighted by Gasteiger charge is 2.27. The number of amides is 5. The lowest BCUT2D eigenvalue weighted by Crippen LogP contribution is -2.49. The normalized spacial score (nSPS) is 15.5. The number of urea groups is 1. The number of unbranched alkanes of at least 4 members (excludes halogenated alkanes) is 2. The molecule has 14 nitrogen and oxygen atoms in total. The Hall–Kier alpha value is -5.50. The topological polar surface area (TPSA) is 160 Å². The molecule has 0 bridgehead atoms. The zero-order chi connectivity index (χ0) is 35.9. The summed E-state index contributed by atoms with van der Waals surface area (Å²) in [6.45, 7) is 5.58. The van der Waals surface area contributed by atoms with Gasteiger partial charge >= 0.3 is 6.03 Å². The van der Waals surface area contributed by atoms with Crippen LogP contribution in [0.5, 0.6) is 11.5 Å². The van der Waals surface area contributed by atoms with Gasteiger partial charge in [-0.25, -0.2) is 9.78 Å². The van der Waals surface area contributed by atoms with Crippen LogP contribution in [0.1, 0.15) is 71.1 Å². The Morgan fingerprint density at radius 3 is 2.49 bits per heavy atom. The van der Waals surface area contributed by atoms with Gasteiger partial charge in [0.15, 0.2) is 0 Å². The van der Waals surface area contributed by atoms with Crippen LogP contribution in [0.3, 0.4) is 0 Å². The molecule has 4 aromatic rings. The molecule has 2 aliphatic heterocycles. The van der Waals surface area contributed by atoms with Crippen molar-refractivity contribution in [1.29, 1.82) is 0 Å². The number of likely N-dealkylation sites (tertiary alicyclic amines) is 1. The first-order chi connectivity index (χ1) is 24.7. The molecule has 0 spiro atoms. The number of hydrogen-bond donors (Lipinski definition) is 3. The number of anilines is 2. The SMILES string of the molecule is COc1cc2nn(C3CCN(CCCCCNC(=O)c4ccc(OC)c(N5CCC(=O)NC5=O)c4)CC3)cc2cc1NC(=O)c1cccc(C)n1. The molecular formula is C37H44N8O6. The molecule has 14 heteroatoms. The molecule has 2 saturated heterocycles. The number of nitrogens with zero attached hydrogens (tertiary/aromatic N) is 5. The Morgan fingerprint density at radius 2 is 1.75 bits per heavy atom. The maximum Gasteiger partial charge on any atom is 0.328 e. The first kappa shape index (κ1) is 35.3. The van der Waals surface area contributed by atoms with E-state index in [0.29, 0.717) is 40.7 Å². The molecule has 0 atom stereocenters. The minimum absolute atomic E-state index is 0.180. The van der Waals surface area contributed by atoms with Crippen LogP contribution in [0.25, 0.3) is 10.9 Å². The van der Waals surface area contributed by atoms with Crippen molar-refractivity contribution in [3.63, 3.8) is 0 Å². The van der Waals surface area contributed by atoms with Crippen LogP contribution in [0.2, 0.25) is 0 Å². The third-order valence-electron chi connectivity index (χ3n) is 9.37. The van der Waals surface area contributed by atoms with Crippen LogP contribution in [-0.2, 0) is 4.79 Å². The predicted octanol–water partition coefficient (Wildman–Crippen LogP) is 4.69. The molecule has 0 saturated carbocycles. The van der Waals surface area contributed by atoms with Gasteiger partial charge in [-0.1, -0.05) is 12.5 Å². The number of aromatic nitrogens is 3. The summed E-state index contributed by atoms with van der Waals surface area (Å²) in [6, 6.07) is 13.8. The van der Waals surface area contributed by atoms with E-state index in [-0.39, 0.29) is 36.7 Å². The second-order valence-corrected chi connectivity index (χ2v) is 12.9. The molecule has 51 heavy (non-hydrogen) atoms. The van der Waals surface area contributed by atoms with Gasteiger partial charge in [0.05, 0.1) is 37.2 Å². The van der Waals surface area contributed by atoms with E-state index >= 15 is 0 Å². The fourth-order valence-corrected chi connectivity index (χ4v) is 6.57. The lowest BCUT2D eigenvalue weighted by Gasteiger charge is -2.32. The number of ether oxygens (including phenoxy) is 2. The number of methoxy groups -OCH3 is 2. The summed E-state index contributed by atoms with van der Waals surface area (Å²) in [6.07, 6.45) is 7.08. The van der Waals surface area contributed by atoms with Gasteiger partial charge in [-0.15, -0.1) is 0 Å². The summed E-state index contributed by atoms with van der Waals surface area (Å²) in [5.41, 5.74) is 3.38. The van der Waals surface area contributed by atoms with E-state index in [2.05, 4.69) is 25.8 Å². The van der Waals surface area contributed by atoms with E-state index in [0.717, 1.165) is 68.3 Å². The number of rotatable bonds is 13. The number of carbonyl (C=O) groups excluding carboxylic acids is 4. The number of carbonyl (C=O) groups is 4. The number of aryl methyl sites for hydroxylation is 1. The van der Waals surface area contributed by atoms with E-state index in [1.165, 1.54) is 12.0 Å². The molecule has 3 N–H and O–H groups in total. The number of pyridine rings is 1. The number of fused-ring (bicyclic) bond motifs is 1. The van der Waals surface area contributed by atoms with Crippen molar-refractivity contribution < 1.29 is 28.7 Å². The molecule has 6 rings (SSSR count). The standard InChI is InChI=1S/C37H44N8O6/c1-24-8-7-9-28(39-24)36(48)40-30-20-26-23-45(42-29(26)22-33(30)51-3)27-12-17-43(18-13-27)16-6-4-5-15-38-35(47)25-10-11-32(50-2)31(21-25)44-19-14-34(46)41-37(44)49/h7-11,20-23,27H,4-6,12-19H2,1-3H3,(H,38,47)(H,40,48)(H,41,46,49). The van der Waals surface area contributed by atoms with Gasteiger partial charge in [-0.3, -0.25) is 29.3 Å². The summed E-state index contributed by atoms with van der Waals surface area (Å²) in [7, 11) is 3.08. The summed E-state index contributed by atoms with van der Waals surface area (Å²) in [4.78, 5) is 57.9. The first-order valence-corrected chi connectivity index (χ1v) is 17.3. The lowest BCUT2D eigenvalue weighted by molar-refractivity contribution is -0.120. The second kappa shape index (κ2) is 16.0. The van der Waals surface area contributed by atoms with Crippen molar-refractivity contribution in [2.45, 2.75) is 51.5 Å². The Balaban J connectivity index is 0.935. The highest BCUT2D eigenvalue weighted by molar-refractivity contribution is 6.07. The van der Waals surface area contributed by atoms with Gasteiger partial charge in [0, 0.05) is 61.5 Å². The first-order valence-electron chi connectivity index (χ1n) is 17.3. The summed E-state index contributed by atoms with van der Waals surface area (Å²) in [5, 5.41) is 14.0. The minimum Gasteiger partial charge on any atom is -0.495 e. The Kier molecular flexibility index (Phi) is 11.1. The largest absolute Gasteiger partial charge is 0.495 e. The Labute approximate surface area is 296 Å². The number of imide groups is 1. The Morgan fingerprint density at radius 1 is 0.941 bits per heavy atom. The van der Waals surface area contributed by atoms with Gasteiger partial charge in [-0.2, -0.15) is 5.10 Å². The second-order valence-electron chi connectivity index (χ2n) is 12.9. The molecule has 268 valence electrons. The van der Waals surface area contributed by atoms with Gasteiger partial charge in [0.1, 0.15) is 17.2 Å². The van der Waals surface area contributed by atoms with Crippen molar-refractivity contribution in [3.8, 4) is 11.5 Å². The highest BCUT2D eigenvalue weighted by atomic mass is 16.5. The highest BCUT2D eigenvalue weighted by Crippen LogP contribution is 2.33. The van der Waals surface area contributed by atoms with Gasteiger partial charge in [0.2, 0.25) is 5.91 Å². The minimum atomic E-state index is -0.531. The van der Waals surface area contributed by atoms with Crippen molar-refractivity contribution in [1.82, 2.24) is 30.3 Å². The van der Waals surface area contributed by atoms with Crippen molar-refractivity contribution in [2.75, 3.05) is 57.2 Å². The van der Waals surface area contributed by atoms with E-state index in [1.54, 1.807) is 31.4 Å². The van der Waals surface area contributed by atoms with E-state index in [1.807, 2.05) is 42.1 Å². The van der Waals surface area contributed by atoms with E-state index < -0.39 is 6.03 Å². The van der Waals surface area contributed by atoms with Crippen LogP contribution in [0.15, 0.2) is 54.7 Å². The molecule has 5 amide bonds. The predicted molar refractivity (Wildman–Crippen MR) is 193 cm³/mol. The smallest absolute Gasteiger partial charge is 0.328 e. The molecule has 0 aliphatic carbocycles. The van der Waals surface area contributed by atoms with Gasteiger partial charge < -0.3 is 25.0 Å². The number of hydrogen-bond acceptors (Lipinski definition) is 9. The molecule has 2 fully saturated rings. The molecule has 4 heterocycles. The van der Waals surface area contributed by atoms with Crippen LogP contribution in [0.4, 0.5) is 16.2 Å². The quantitative estimate of drug-likeness (QED) is 0.169. The summed E-state index contributed by atoms with van der Waals surface area (Å²) >= 11 is 0. The fraction of sp³-hybridized carbons (Fsp3) is 0.405. The number of piperidine rings is 1. The zero-order valence-electron chi connectivity index (χ0n) is 29.2. The monoisotopic (exact) mass is 696 g/mol. The average Bonchev–Trinajstić information content (AvgIpc) is 3.55. The maximum atomic E-state index is 12.9. The van der Waals surface area contributed by atoms with Crippen LogP contribution in [-0.4, -0.2) is 90.4 Å². The van der Waals surface area contributed by atoms with Crippen LogP contribution >= 0.6 is 0 Å². The van der Waals surface area contributed by atoms with E-state index in [9.17, 15) is 19.2 Å². The molecule has 2 aromatic heterocycles. The molecule has 2 aromatic carbocycles. The third kappa shape index (κ3) is 8.46. The Bertz CT molecular complexity index is 1920. The summed E-state index contributed by atoms with van der Waals surface area (Å²) < 4.78 is 13.0. The maximum absolute atomic E-state index is 12.9. The van der Waals surface area contributed by atoms with Crippen molar-refractivity contribution >= 4 is 46.0 Å². The summed E-state index contributed by atoms with van der Waals surface area (Å²) in [5.74, 6) is 0.151. The number of benzene rings is 2. The van der Waals surface area contributed by atoms with Gasteiger partial charge in [-0.05, 0) is 75.5 Å². The zero-order valence-corrected chi connectivity index (χ0v) is 29.2. The number of nitrogens with one attached hydrogen (secondary N) is 3.